The number of carbonyl (C=O) groups excluding carboxylic acids is 3. The summed E-state index contributed by atoms with van der Waals surface area (Å²) in [5.74, 6) is 0.0770. The average Bonchev–Trinajstić information content (AvgIpc) is 3.56. The summed E-state index contributed by atoms with van der Waals surface area (Å²) < 4.78 is 7.47. The monoisotopic (exact) mass is 461 g/mol. The van der Waals surface area contributed by atoms with Gasteiger partial charge in [-0.15, -0.1) is 5.10 Å². The van der Waals surface area contributed by atoms with Crippen LogP contribution in [0.5, 0.6) is 5.75 Å². The molecule has 0 aliphatic carbocycles. The molecule has 0 spiro atoms. The highest BCUT2D eigenvalue weighted by molar-refractivity contribution is 6.03. The number of benzene rings is 2. The Kier molecular flexibility index (Phi) is 5.44. The smallest absolute Gasteiger partial charge is 0.268 e. The molecule has 3 heterocycles. The quantitative estimate of drug-likeness (QED) is 0.536. The maximum absolute atomic E-state index is 13.1. The summed E-state index contributed by atoms with van der Waals surface area (Å²) >= 11 is 0. The maximum atomic E-state index is 13.1. The van der Waals surface area contributed by atoms with E-state index >= 15 is 0 Å². The maximum Gasteiger partial charge on any atom is 0.268 e. The summed E-state index contributed by atoms with van der Waals surface area (Å²) in [5, 5.41) is 11.1. The number of fused-ring (bicyclic) bond motifs is 1. The fourth-order valence-corrected chi connectivity index (χ4v) is 4.09. The second kappa shape index (κ2) is 8.58. The van der Waals surface area contributed by atoms with Crippen molar-refractivity contribution in [2.75, 3.05) is 32.1 Å². The summed E-state index contributed by atoms with van der Waals surface area (Å²) in [4.78, 5) is 42.5. The number of rotatable bonds is 6. The summed E-state index contributed by atoms with van der Waals surface area (Å²) in [6.45, 7) is 0.900. The Balaban J connectivity index is 1.26. The molecule has 1 unspecified atom stereocenters. The van der Waals surface area contributed by atoms with Crippen molar-refractivity contribution in [3.05, 3.63) is 59.9 Å². The lowest BCUT2D eigenvalue weighted by atomic mass is 10.1. The Morgan fingerprint density at radius 1 is 1.12 bits per heavy atom. The first-order valence-corrected chi connectivity index (χ1v) is 10.8. The molecule has 0 bridgehead atoms. The van der Waals surface area contributed by atoms with Gasteiger partial charge in [-0.25, -0.2) is 4.68 Å². The molecular weight excluding hydrogens is 438 g/mol. The number of ether oxygens (including phenoxy) is 1. The van der Waals surface area contributed by atoms with Crippen LogP contribution in [0, 0.1) is 0 Å². The molecule has 1 saturated heterocycles. The molecular formula is C23H23N7O4. The van der Waals surface area contributed by atoms with Crippen LogP contribution in [0.25, 0.3) is 5.69 Å². The SMILES string of the molecule is CN(C)C(=O)CN1Cc2ccc(N3CCC(Oc4ccc(-n5cnnn5)cc4)C3=O)cc2C1=O. The molecule has 34 heavy (non-hydrogen) atoms. The molecule has 3 aromatic rings. The Morgan fingerprint density at radius 3 is 2.59 bits per heavy atom. The van der Waals surface area contributed by atoms with Crippen LogP contribution in [-0.2, 0) is 16.1 Å². The van der Waals surface area contributed by atoms with Crippen molar-refractivity contribution in [2.45, 2.75) is 19.1 Å². The van der Waals surface area contributed by atoms with Gasteiger partial charge in [0.1, 0.15) is 18.6 Å². The van der Waals surface area contributed by atoms with Gasteiger partial charge in [-0.2, -0.15) is 0 Å². The minimum atomic E-state index is -0.614. The zero-order chi connectivity index (χ0) is 23.8. The number of anilines is 1. The normalized spacial score (nSPS) is 17.3. The summed E-state index contributed by atoms with van der Waals surface area (Å²) in [6, 6.07) is 12.6. The predicted octanol–water partition coefficient (Wildman–Crippen LogP) is 0.891. The van der Waals surface area contributed by atoms with Crippen LogP contribution in [-0.4, -0.2) is 81.0 Å². The molecule has 11 heteroatoms. The Labute approximate surface area is 195 Å². The first-order chi connectivity index (χ1) is 16.4. The van der Waals surface area contributed by atoms with Crippen molar-refractivity contribution in [3.8, 4) is 11.4 Å². The summed E-state index contributed by atoms with van der Waals surface area (Å²) in [5.41, 5.74) is 2.81. The van der Waals surface area contributed by atoms with E-state index in [0.717, 1.165) is 11.3 Å². The Bertz CT molecular complexity index is 1240. The molecule has 2 aliphatic rings. The largest absolute Gasteiger partial charge is 0.481 e. The number of nitrogens with zero attached hydrogens (tertiary/aromatic N) is 7. The van der Waals surface area contributed by atoms with Crippen LogP contribution in [0.3, 0.4) is 0 Å². The molecule has 5 rings (SSSR count). The van der Waals surface area contributed by atoms with E-state index in [2.05, 4.69) is 15.5 Å². The first-order valence-electron chi connectivity index (χ1n) is 10.8. The van der Waals surface area contributed by atoms with Crippen LogP contribution in [0.2, 0.25) is 0 Å². The molecule has 0 saturated carbocycles. The predicted molar refractivity (Wildman–Crippen MR) is 120 cm³/mol. The third-order valence-electron chi connectivity index (χ3n) is 5.99. The number of amides is 3. The standard InChI is InChI=1S/C23H23N7O4/c1-27(2)21(31)13-28-12-15-3-4-17(11-19(15)22(28)32)29-10-9-20(23(29)33)34-18-7-5-16(6-8-18)30-14-24-25-26-30/h3-8,11,14,20H,9-10,12-13H2,1-2H3. The van der Waals surface area contributed by atoms with Crippen LogP contribution in [0.1, 0.15) is 22.3 Å². The molecule has 1 atom stereocenters. The van der Waals surface area contributed by atoms with Crippen molar-refractivity contribution < 1.29 is 19.1 Å². The second-order valence-corrected chi connectivity index (χ2v) is 8.42. The van der Waals surface area contributed by atoms with Gasteiger partial charge in [0.25, 0.3) is 11.8 Å². The van der Waals surface area contributed by atoms with Gasteiger partial charge < -0.3 is 19.4 Å². The molecule has 2 aliphatic heterocycles. The molecule has 0 N–H and O–H groups in total. The highest BCUT2D eigenvalue weighted by atomic mass is 16.5. The first kappa shape index (κ1) is 21.6. The minimum absolute atomic E-state index is 0.0284. The fourth-order valence-electron chi connectivity index (χ4n) is 4.09. The van der Waals surface area contributed by atoms with Gasteiger partial charge in [-0.1, -0.05) is 6.07 Å². The fraction of sp³-hybridized carbons (Fsp3) is 0.304. The van der Waals surface area contributed by atoms with Crippen molar-refractivity contribution in [3.63, 3.8) is 0 Å². The highest BCUT2D eigenvalue weighted by Gasteiger charge is 2.36. The van der Waals surface area contributed by atoms with E-state index in [-0.39, 0.29) is 24.3 Å². The van der Waals surface area contributed by atoms with Crippen molar-refractivity contribution in [1.82, 2.24) is 30.0 Å². The number of aromatic nitrogens is 4. The van der Waals surface area contributed by atoms with E-state index in [9.17, 15) is 14.4 Å². The van der Waals surface area contributed by atoms with Crippen LogP contribution < -0.4 is 9.64 Å². The van der Waals surface area contributed by atoms with Crippen LogP contribution >= 0.6 is 0 Å². The summed E-state index contributed by atoms with van der Waals surface area (Å²) in [6.07, 6.45) is 1.41. The molecule has 1 fully saturated rings. The Hall–Kier alpha value is -4.28. The molecule has 11 nitrogen and oxygen atoms in total. The lowest BCUT2D eigenvalue weighted by Gasteiger charge is -2.18. The van der Waals surface area contributed by atoms with Gasteiger partial charge in [-0.05, 0) is 52.4 Å². The molecule has 2 aromatic carbocycles. The van der Waals surface area contributed by atoms with Crippen molar-refractivity contribution >= 4 is 23.4 Å². The third-order valence-corrected chi connectivity index (χ3v) is 5.99. The number of hydrogen-bond acceptors (Lipinski definition) is 7. The zero-order valence-corrected chi connectivity index (χ0v) is 18.8. The highest BCUT2D eigenvalue weighted by Crippen LogP contribution is 2.30. The molecule has 1 aromatic heterocycles. The van der Waals surface area contributed by atoms with Crippen LogP contribution in [0.4, 0.5) is 5.69 Å². The lowest BCUT2D eigenvalue weighted by molar-refractivity contribution is -0.129. The van der Waals surface area contributed by atoms with Gasteiger partial charge in [0, 0.05) is 44.9 Å². The number of likely N-dealkylation sites (N-methyl/N-ethyl adjacent to an activating group) is 1. The van der Waals surface area contributed by atoms with E-state index in [1.165, 1.54) is 20.8 Å². The van der Waals surface area contributed by atoms with Gasteiger partial charge in [-0.3, -0.25) is 14.4 Å². The van der Waals surface area contributed by atoms with Gasteiger partial charge in [0.15, 0.2) is 6.10 Å². The van der Waals surface area contributed by atoms with Crippen molar-refractivity contribution in [1.29, 1.82) is 0 Å². The van der Waals surface area contributed by atoms with E-state index < -0.39 is 6.10 Å². The molecule has 174 valence electrons. The number of tetrazole rings is 1. The molecule has 0 radical (unpaired) electrons. The van der Waals surface area contributed by atoms with Gasteiger partial charge in [0.2, 0.25) is 5.91 Å². The van der Waals surface area contributed by atoms with Crippen LogP contribution in [0.15, 0.2) is 48.8 Å². The van der Waals surface area contributed by atoms with E-state index in [1.807, 2.05) is 24.3 Å². The van der Waals surface area contributed by atoms with E-state index in [1.54, 1.807) is 37.2 Å². The second-order valence-electron chi connectivity index (χ2n) is 8.42. The van der Waals surface area contributed by atoms with Crippen molar-refractivity contribution in [2.24, 2.45) is 0 Å². The van der Waals surface area contributed by atoms with E-state index in [4.69, 9.17) is 4.74 Å². The third kappa shape index (κ3) is 3.96. The number of carbonyl (C=O) groups is 3. The number of hydrogen-bond donors (Lipinski definition) is 0. The van der Waals surface area contributed by atoms with E-state index in [0.29, 0.717) is 36.5 Å². The average molecular weight is 461 g/mol. The minimum Gasteiger partial charge on any atom is -0.481 e. The topological polar surface area (TPSA) is 114 Å². The summed E-state index contributed by atoms with van der Waals surface area (Å²) in [7, 11) is 3.32. The van der Waals surface area contributed by atoms with Gasteiger partial charge >= 0.3 is 0 Å². The van der Waals surface area contributed by atoms with Gasteiger partial charge in [0.05, 0.1) is 5.69 Å². The zero-order valence-electron chi connectivity index (χ0n) is 18.8. The molecule has 3 amide bonds. The lowest BCUT2D eigenvalue weighted by Crippen LogP contribution is -2.36. The Morgan fingerprint density at radius 2 is 1.88 bits per heavy atom.